The number of benzene rings is 1. The molecule has 3 aromatic rings. The molecule has 1 N–H and O–H groups in total. The lowest BCUT2D eigenvalue weighted by Gasteiger charge is -2.05. The van der Waals surface area contributed by atoms with Crippen LogP contribution in [0.15, 0.2) is 53.7 Å². The molecule has 22 heavy (non-hydrogen) atoms. The summed E-state index contributed by atoms with van der Waals surface area (Å²) in [7, 11) is 0. The largest absolute Gasteiger partial charge is 0.326 e. The van der Waals surface area contributed by atoms with Gasteiger partial charge in [0.05, 0.1) is 17.1 Å². The number of anilines is 1. The molecule has 0 spiro atoms. The van der Waals surface area contributed by atoms with Gasteiger partial charge in [-0.05, 0) is 36.6 Å². The van der Waals surface area contributed by atoms with Crippen LogP contribution in [0.5, 0.6) is 0 Å². The fourth-order valence-corrected chi connectivity index (χ4v) is 2.80. The molecule has 0 saturated carbocycles. The maximum absolute atomic E-state index is 12.1. The molecule has 0 aliphatic carbocycles. The Hall–Kier alpha value is -1.98. The highest BCUT2D eigenvalue weighted by molar-refractivity contribution is 7.98. The highest BCUT2D eigenvalue weighted by Gasteiger charge is 2.08. The van der Waals surface area contributed by atoms with E-state index in [1.54, 1.807) is 24.0 Å². The summed E-state index contributed by atoms with van der Waals surface area (Å²) in [5.74, 6) is -0.0900. The first-order valence-electron chi connectivity index (χ1n) is 6.71. The zero-order valence-electron chi connectivity index (χ0n) is 11.9. The van der Waals surface area contributed by atoms with Gasteiger partial charge in [-0.15, -0.1) is 11.8 Å². The molecular weight excluding hydrogens is 318 g/mol. The van der Waals surface area contributed by atoms with Crippen LogP contribution in [0.2, 0.25) is 5.02 Å². The number of hydrogen-bond donors (Lipinski definition) is 1. The third-order valence-corrected chi connectivity index (χ3v) is 4.11. The Balaban J connectivity index is 1.72. The Labute approximate surface area is 137 Å². The van der Waals surface area contributed by atoms with E-state index in [1.165, 1.54) is 0 Å². The molecule has 0 atom stereocenters. The normalized spacial score (nSPS) is 10.8. The molecule has 2 heterocycles. The fourth-order valence-electron chi connectivity index (χ4n) is 2.17. The Morgan fingerprint density at radius 2 is 2.18 bits per heavy atom. The first kappa shape index (κ1) is 14.9. The van der Waals surface area contributed by atoms with Gasteiger partial charge in [-0.3, -0.25) is 4.79 Å². The van der Waals surface area contributed by atoms with Crippen LogP contribution < -0.4 is 5.32 Å². The van der Waals surface area contributed by atoms with Crippen molar-refractivity contribution in [1.29, 1.82) is 0 Å². The summed E-state index contributed by atoms with van der Waals surface area (Å²) in [5.41, 5.74) is 2.28. The number of hydrogen-bond acceptors (Lipinski definition) is 3. The summed E-state index contributed by atoms with van der Waals surface area (Å²) in [6.45, 7) is 0. The van der Waals surface area contributed by atoms with Gasteiger partial charge in [-0.1, -0.05) is 17.7 Å². The molecule has 3 rings (SSSR count). The summed E-state index contributed by atoms with van der Waals surface area (Å²) in [4.78, 5) is 17.7. The van der Waals surface area contributed by atoms with Gasteiger partial charge in [-0.25, -0.2) is 4.98 Å². The number of carbonyl (C=O) groups excluding carboxylic acids is 1. The van der Waals surface area contributed by atoms with Crippen LogP contribution in [0.25, 0.3) is 5.65 Å². The van der Waals surface area contributed by atoms with E-state index < -0.39 is 0 Å². The zero-order chi connectivity index (χ0) is 15.5. The third kappa shape index (κ3) is 3.43. The first-order chi connectivity index (χ1) is 10.6. The van der Waals surface area contributed by atoms with Crippen LogP contribution in [0.4, 0.5) is 5.69 Å². The fraction of sp³-hybridized carbons (Fsp3) is 0.125. The molecule has 0 saturated heterocycles. The van der Waals surface area contributed by atoms with Crippen LogP contribution in [0.3, 0.4) is 0 Å². The molecule has 4 nitrogen and oxygen atoms in total. The van der Waals surface area contributed by atoms with E-state index in [-0.39, 0.29) is 12.3 Å². The zero-order valence-corrected chi connectivity index (χ0v) is 13.5. The van der Waals surface area contributed by atoms with Gasteiger partial charge in [0.25, 0.3) is 0 Å². The number of fused-ring (bicyclic) bond motifs is 1. The van der Waals surface area contributed by atoms with Gasteiger partial charge < -0.3 is 9.72 Å². The van der Waals surface area contributed by atoms with Crippen molar-refractivity contribution >= 4 is 40.6 Å². The number of aromatic nitrogens is 2. The molecule has 0 radical (unpaired) electrons. The van der Waals surface area contributed by atoms with Crippen LogP contribution in [0, 0.1) is 0 Å². The molecule has 0 aliphatic rings. The highest BCUT2D eigenvalue weighted by atomic mass is 35.5. The van der Waals surface area contributed by atoms with Crippen LogP contribution in [0.1, 0.15) is 5.69 Å². The average Bonchev–Trinajstić information content (AvgIpc) is 2.88. The maximum Gasteiger partial charge on any atom is 0.230 e. The molecule has 0 unspecified atom stereocenters. The van der Waals surface area contributed by atoms with Crippen molar-refractivity contribution in [2.45, 2.75) is 11.3 Å². The minimum Gasteiger partial charge on any atom is -0.326 e. The summed E-state index contributed by atoms with van der Waals surface area (Å²) in [5, 5.41) is 3.53. The molecule has 112 valence electrons. The molecule has 1 amide bonds. The number of thioether (sulfide) groups is 1. The predicted octanol–water partition coefficient (Wildman–Crippen LogP) is 3.89. The minimum absolute atomic E-state index is 0.0900. The first-order valence-corrected chi connectivity index (χ1v) is 8.31. The summed E-state index contributed by atoms with van der Waals surface area (Å²) in [6.07, 6.45) is 5.82. The van der Waals surface area contributed by atoms with E-state index in [2.05, 4.69) is 10.3 Å². The van der Waals surface area contributed by atoms with Gasteiger partial charge in [0.15, 0.2) is 0 Å². The van der Waals surface area contributed by atoms with E-state index >= 15 is 0 Å². The summed E-state index contributed by atoms with van der Waals surface area (Å²) < 4.78 is 1.82. The number of rotatable bonds is 4. The topological polar surface area (TPSA) is 46.4 Å². The van der Waals surface area contributed by atoms with Gasteiger partial charge in [0.2, 0.25) is 5.91 Å². The number of nitrogens with one attached hydrogen (secondary N) is 1. The van der Waals surface area contributed by atoms with Crippen molar-refractivity contribution in [1.82, 2.24) is 9.38 Å². The second-order valence-corrected chi connectivity index (χ2v) is 6.12. The van der Waals surface area contributed by atoms with Crippen molar-refractivity contribution in [3.05, 3.63) is 59.5 Å². The summed E-state index contributed by atoms with van der Waals surface area (Å²) in [6, 6.07) is 11.4. The number of amides is 1. The van der Waals surface area contributed by atoms with Crippen molar-refractivity contribution in [2.75, 3.05) is 11.6 Å². The lowest BCUT2D eigenvalue weighted by atomic mass is 10.3. The highest BCUT2D eigenvalue weighted by Crippen LogP contribution is 2.19. The third-order valence-electron chi connectivity index (χ3n) is 3.16. The van der Waals surface area contributed by atoms with E-state index in [0.717, 1.165) is 16.2 Å². The van der Waals surface area contributed by atoms with E-state index in [0.29, 0.717) is 10.7 Å². The molecule has 0 bridgehead atoms. The quantitative estimate of drug-likeness (QED) is 0.738. The smallest absolute Gasteiger partial charge is 0.230 e. The Morgan fingerprint density at radius 3 is 3.00 bits per heavy atom. The summed E-state index contributed by atoms with van der Waals surface area (Å²) >= 11 is 7.58. The molecule has 0 fully saturated rings. The van der Waals surface area contributed by atoms with Crippen LogP contribution >= 0.6 is 23.4 Å². The van der Waals surface area contributed by atoms with E-state index in [4.69, 9.17) is 11.6 Å². The van der Waals surface area contributed by atoms with Crippen LogP contribution in [-0.2, 0) is 11.2 Å². The van der Waals surface area contributed by atoms with Gasteiger partial charge >= 0.3 is 0 Å². The number of imidazole rings is 1. The van der Waals surface area contributed by atoms with E-state index in [9.17, 15) is 4.79 Å². The Morgan fingerprint density at radius 1 is 1.32 bits per heavy atom. The lowest BCUT2D eigenvalue weighted by molar-refractivity contribution is -0.115. The van der Waals surface area contributed by atoms with Gasteiger partial charge in [-0.2, -0.15) is 0 Å². The van der Waals surface area contributed by atoms with Crippen molar-refractivity contribution in [3.8, 4) is 0 Å². The second-order valence-electron chi connectivity index (χ2n) is 4.80. The monoisotopic (exact) mass is 331 g/mol. The lowest BCUT2D eigenvalue weighted by Crippen LogP contribution is -2.14. The second kappa shape index (κ2) is 6.42. The van der Waals surface area contributed by atoms with Crippen molar-refractivity contribution < 1.29 is 4.79 Å². The minimum atomic E-state index is -0.0900. The van der Waals surface area contributed by atoms with E-state index in [1.807, 2.05) is 47.2 Å². The number of nitrogens with zero attached hydrogens (tertiary/aromatic N) is 2. The van der Waals surface area contributed by atoms with Gasteiger partial charge in [0.1, 0.15) is 5.65 Å². The molecular formula is C16H14ClN3OS. The molecule has 1 aromatic carbocycles. The number of pyridine rings is 1. The molecule has 2 aromatic heterocycles. The molecule has 6 heteroatoms. The van der Waals surface area contributed by atoms with Crippen LogP contribution in [-0.4, -0.2) is 21.5 Å². The SMILES string of the molecule is CSc1cccc(NC(=O)Cc2cn3cc(Cl)ccc3n2)c1. The molecule has 0 aliphatic heterocycles. The van der Waals surface area contributed by atoms with Gasteiger partial charge in [0, 0.05) is 23.0 Å². The Bertz CT molecular complexity index is 831. The number of halogens is 1. The maximum atomic E-state index is 12.1. The Kier molecular flexibility index (Phi) is 4.36. The predicted molar refractivity (Wildman–Crippen MR) is 90.8 cm³/mol. The van der Waals surface area contributed by atoms with Crippen molar-refractivity contribution in [3.63, 3.8) is 0 Å². The van der Waals surface area contributed by atoms with Crippen molar-refractivity contribution in [2.24, 2.45) is 0 Å². The average molecular weight is 332 g/mol. The number of carbonyl (C=O) groups is 1. The standard InChI is InChI=1S/C16H14ClN3OS/c1-22-14-4-2-3-12(7-14)19-16(21)8-13-10-20-9-11(17)5-6-15(20)18-13/h2-7,9-10H,8H2,1H3,(H,19,21).